The van der Waals surface area contributed by atoms with Crippen LogP contribution in [0.5, 0.6) is 0 Å². The maximum absolute atomic E-state index is 9.01. The molecule has 0 fully saturated rings. The lowest BCUT2D eigenvalue weighted by Crippen LogP contribution is -2.30. The van der Waals surface area contributed by atoms with Gasteiger partial charge in [0.15, 0.2) is 0 Å². The lowest BCUT2D eigenvalue weighted by Gasteiger charge is -2.20. The van der Waals surface area contributed by atoms with Crippen LogP contribution in [0.3, 0.4) is 0 Å². The molecule has 1 aromatic carbocycles. The minimum Gasteiger partial charge on any atom is -0.423 e. The second-order valence-electron chi connectivity index (χ2n) is 3.68. The maximum atomic E-state index is 9.01. The Morgan fingerprint density at radius 2 is 1.93 bits per heavy atom. The Hall–Kier alpha value is -0.835. The number of benzene rings is 1. The zero-order chi connectivity index (χ0) is 10.7. The minimum absolute atomic E-state index is 0.272. The summed E-state index contributed by atoms with van der Waals surface area (Å²) in [6.45, 7) is 2.07. The fourth-order valence-corrected chi connectivity index (χ4v) is 1.28. The van der Waals surface area contributed by atoms with E-state index in [4.69, 9.17) is 10.0 Å². The van der Waals surface area contributed by atoms with E-state index in [1.54, 1.807) is 6.07 Å². The molecule has 0 aliphatic carbocycles. The lowest BCUT2D eigenvalue weighted by atomic mass is 9.79. The van der Waals surface area contributed by atoms with Gasteiger partial charge in [-0.2, -0.15) is 0 Å². The van der Waals surface area contributed by atoms with Gasteiger partial charge in [-0.05, 0) is 32.0 Å². The van der Waals surface area contributed by atoms with E-state index in [0.717, 1.165) is 5.56 Å². The highest BCUT2D eigenvalue weighted by Gasteiger charge is 2.13. The minimum atomic E-state index is -1.38. The summed E-state index contributed by atoms with van der Waals surface area (Å²) in [4.78, 5) is 2.07. The normalized spacial score (nSPS) is 13.0. The molecule has 3 nitrogen and oxygen atoms in total. The van der Waals surface area contributed by atoms with E-state index in [9.17, 15) is 0 Å². The van der Waals surface area contributed by atoms with Gasteiger partial charge in [0.2, 0.25) is 0 Å². The molecule has 2 N–H and O–H groups in total. The molecule has 1 atom stereocenters. The lowest BCUT2D eigenvalue weighted by molar-refractivity contribution is 0.321. The third-order valence-corrected chi connectivity index (χ3v) is 2.47. The molecule has 0 aromatic heterocycles. The molecule has 0 heterocycles. The quantitative estimate of drug-likeness (QED) is 0.663. The van der Waals surface area contributed by atoms with Crippen LogP contribution in [0.15, 0.2) is 24.3 Å². The molecule has 1 unspecified atom stereocenters. The van der Waals surface area contributed by atoms with Crippen LogP contribution in [0.4, 0.5) is 0 Å². The van der Waals surface area contributed by atoms with E-state index in [-0.39, 0.29) is 6.04 Å². The van der Waals surface area contributed by atoms with Crippen molar-refractivity contribution in [1.82, 2.24) is 4.90 Å². The highest BCUT2D eigenvalue weighted by molar-refractivity contribution is 6.58. The molecule has 0 aliphatic rings. The summed E-state index contributed by atoms with van der Waals surface area (Å²) in [5, 5.41) is 18.0. The first-order chi connectivity index (χ1) is 6.52. The fourth-order valence-electron chi connectivity index (χ4n) is 1.28. The predicted octanol–water partition coefficient (Wildman–Crippen LogP) is -0.0110. The molecule has 0 saturated carbocycles. The van der Waals surface area contributed by atoms with Gasteiger partial charge in [-0.25, -0.2) is 0 Å². The second-order valence-corrected chi connectivity index (χ2v) is 3.68. The fraction of sp³-hybridized carbons (Fsp3) is 0.400. The van der Waals surface area contributed by atoms with Gasteiger partial charge in [-0.1, -0.05) is 24.3 Å². The van der Waals surface area contributed by atoms with Crippen LogP contribution in [0.25, 0.3) is 0 Å². The Labute approximate surface area is 85.1 Å². The Kier molecular flexibility index (Phi) is 3.69. The Morgan fingerprint density at radius 3 is 2.43 bits per heavy atom. The van der Waals surface area contributed by atoms with Crippen molar-refractivity contribution in [3.05, 3.63) is 29.8 Å². The SMILES string of the molecule is CC(c1cccc(B(O)O)c1)N(C)C. The molecule has 0 amide bonds. The third kappa shape index (κ3) is 2.58. The molecule has 0 bridgehead atoms. The predicted molar refractivity (Wildman–Crippen MR) is 58.4 cm³/mol. The van der Waals surface area contributed by atoms with Crippen molar-refractivity contribution in [3.63, 3.8) is 0 Å². The van der Waals surface area contributed by atoms with Crippen LogP contribution in [0, 0.1) is 0 Å². The summed E-state index contributed by atoms with van der Waals surface area (Å²) < 4.78 is 0. The van der Waals surface area contributed by atoms with Gasteiger partial charge in [0.1, 0.15) is 0 Å². The molecule has 4 heteroatoms. The van der Waals surface area contributed by atoms with Gasteiger partial charge < -0.3 is 14.9 Å². The first-order valence-electron chi connectivity index (χ1n) is 4.65. The van der Waals surface area contributed by atoms with Gasteiger partial charge in [0.05, 0.1) is 0 Å². The van der Waals surface area contributed by atoms with Crippen molar-refractivity contribution in [1.29, 1.82) is 0 Å². The van der Waals surface area contributed by atoms with E-state index < -0.39 is 7.12 Å². The van der Waals surface area contributed by atoms with E-state index in [2.05, 4.69) is 11.8 Å². The smallest absolute Gasteiger partial charge is 0.423 e. The average Bonchev–Trinajstić information content (AvgIpc) is 2.16. The summed E-state index contributed by atoms with van der Waals surface area (Å²) in [6, 6.07) is 7.61. The Bertz CT molecular complexity index is 302. The average molecular weight is 193 g/mol. The second kappa shape index (κ2) is 4.60. The largest absolute Gasteiger partial charge is 0.488 e. The summed E-state index contributed by atoms with van der Waals surface area (Å²) in [5.41, 5.74) is 1.62. The molecule has 0 spiro atoms. The van der Waals surface area contributed by atoms with E-state index in [1.807, 2.05) is 32.3 Å². The molecule has 14 heavy (non-hydrogen) atoms. The van der Waals surface area contributed by atoms with Gasteiger partial charge in [0.25, 0.3) is 0 Å². The van der Waals surface area contributed by atoms with Crippen LogP contribution in [-0.2, 0) is 0 Å². The first-order valence-corrected chi connectivity index (χ1v) is 4.65. The standard InChI is InChI=1S/C10H16BNO2/c1-8(12(2)3)9-5-4-6-10(7-9)11(13)14/h4-8,13-14H,1-3H3. The summed E-state index contributed by atoms with van der Waals surface area (Å²) >= 11 is 0. The van der Waals surface area contributed by atoms with Gasteiger partial charge in [0, 0.05) is 6.04 Å². The zero-order valence-electron chi connectivity index (χ0n) is 8.81. The summed E-state index contributed by atoms with van der Waals surface area (Å²) in [6.07, 6.45) is 0. The van der Waals surface area contributed by atoms with E-state index >= 15 is 0 Å². The first kappa shape index (κ1) is 11.2. The van der Waals surface area contributed by atoms with Crippen LogP contribution >= 0.6 is 0 Å². The van der Waals surface area contributed by atoms with Crippen LogP contribution in [-0.4, -0.2) is 36.2 Å². The van der Waals surface area contributed by atoms with E-state index in [1.165, 1.54) is 0 Å². The maximum Gasteiger partial charge on any atom is 0.488 e. The van der Waals surface area contributed by atoms with Crippen molar-refractivity contribution in [2.24, 2.45) is 0 Å². The van der Waals surface area contributed by atoms with Crippen molar-refractivity contribution in [3.8, 4) is 0 Å². The van der Waals surface area contributed by atoms with Crippen LogP contribution < -0.4 is 5.46 Å². The topological polar surface area (TPSA) is 43.7 Å². The van der Waals surface area contributed by atoms with E-state index in [0.29, 0.717) is 5.46 Å². The van der Waals surface area contributed by atoms with Crippen molar-refractivity contribution >= 4 is 12.6 Å². The van der Waals surface area contributed by atoms with Crippen molar-refractivity contribution < 1.29 is 10.0 Å². The highest BCUT2D eigenvalue weighted by Crippen LogP contribution is 2.15. The number of hydrogen-bond acceptors (Lipinski definition) is 3. The third-order valence-electron chi connectivity index (χ3n) is 2.47. The molecule has 0 aliphatic heterocycles. The van der Waals surface area contributed by atoms with Gasteiger partial charge in [-0.15, -0.1) is 0 Å². The zero-order valence-corrected chi connectivity index (χ0v) is 8.81. The molecular weight excluding hydrogens is 177 g/mol. The molecule has 0 radical (unpaired) electrons. The number of rotatable bonds is 3. The molecule has 1 aromatic rings. The van der Waals surface area contributed by atoms with Crippen molar-refractivity contribution in [2.75, 3.05) is 14.1 Å². The number of nitrogens with zero attached hydrogens (tertiary/aromatic N) is 1. The van der Waals surface area contributed by atoms with Crippen molar-refractivity contribution in [2.45, 2.75) is 13.0 Å². The molecule has 0 saturated heterocycles. The molecule has 76 valence electrons. The molecule has 1 rings (SSSR count). The summed E-state index contributed by atoms with van der Waals surface area (Å²) in [5.74, 6) is 0. The Morgan fingerprint density at radius 1 is 1.29 bits per heavy atom. The molecular formula is C10H16BNO2. The van der Waals surface area contributed by atoms with Gasteiger partial charge in [-0.3, -0.25) is 0 Å². The van der Waals surface area contributed by atoms with Crippen LogP contribution in [0.2, 0.25) is 0 Å². The Balaban J connectivity index is 2.93. The van der Waals surface area contributed by atoms with Gasteiger partial charge >= 0.3 is 7.12 Å². The monoisotopic (exact) mass is 193 g/mol. The highest BCUT2D eigenvalue weighted by atomic mass is 16.4. The van der Waals surface area contributed by atoms with Crippen LogP contribution in [0.1, 0.15) is 18.5 Å². The number of hydrogen-bond donors (Lipinski definition) is 2. The summed E-state index contributed by atoms with van der Waals surface area (Å²) in [7, 11) is 2.60.